The maximum atomic E-state index is 10.7. The summed E-state index contributed by atoms with van der Waals surface area (Å²) in [6.07, 6.45) is 5.25. The van der Waals surface area contributed by atoms with Crippen LogP contribution in [0, 0.1) is 5.92 Å². The number of fused-ring (bicyclic) bond motifs is 1. The van der Waals surface area contributed by atoms with E-state index in [-0.39, 0.29) is 0 Å². The molecule has 1 aromatic heterocycles. The third-order valence-corrected chi connectivity index (χ3v) is 4.69. The fraction of sp³-hybridized carbons (Fsp3) is 0.643. The lowest BCUT2D eigenvalue weighted by atomic mass is 9.71. The van der Waals surface area contributed by atoms with Crippen LogP contribution in [0.15, 0.2) is 12.1 Å². The summed E-state index contributed by atoms with van der Waals surface area (Å²) in [5.74, 6) is 1.62. The molecule has 104 valence electrons. The van der Waals surface area contributed by atoms with Crippen LogP contribution >= 0.6 is 0 Å². The fourth-order valence-electron chi connectivity index (χ4n) is 3.43. The van der Waals surface area contributed by atoms with Crippen molar-refractivity contribution in [3.63, 3.8) is 0 Å². The molecule has 5 heteroatoms. The number of nitrogens with zero attached hydrogens (tertiary/aromatic N) is 2. The van der Waals surface area contributed by atoms with Gasteiger partial charge in [0.25, 0.3) is 0 Å². The lowest BCUT2D eigenvalue weighted by Gasteiger charge is -2.47. The Hall–Kier alpha value is -1.49. The Kier molecular flexibility index (Phi) is 3.01. The topological polar surface area (TPSA) is 88.4 Å². The Morgan fingerprint density at radius 2 is 2.11 bits per heavy atom. The third kappa shape index (κ3) is 2.23. The van der Waals surface area contributed by atoms with Gasteiger partial charge in [-0.25, -0.2) is 4.98 Å². The predicted molar refractivity (Wildman–Crippen MR) is 76.8 cm³/mol. The van der Waals surface area contributed by atoms with Crippen molar-refractivity contribution in [2.24, 2.45) is 5.92 Å². The third-order valence-electron chi connectivity index (χ3n) is 4.69. The number of rotatable bonds is 1. The molecule has 1 saturated heterocycles. The summed E-state index contributed by atoms with van der Waals surface area (Å²) in [6.45, 7) is 1.70. The van der Waals surface area contributed by atoms with Crippen molar-refractivity contribution in [1.82, 2.24) is 4.98 Å². The average molecular weight is 262 g/mol. The number of anilines is 3. The van der Waals surface area contributed by atoms with Crippen LogP contribution in [0.1, 0.15) is 32.1 Å². The summed E-state index contributed by atoms with van der Waals surface area (Å²) < 4.78 is 0. The molecule has 2 heterocycles. The van der Waals surface area contributed by atoms with Gasteiger partial charge in [-0.3, -0.25) is 0 Å². The van der Waals surface area contributed by atoms with E-state index in [2.05, 4.69) is 9.88 Å². The number of hydrogen-bond acceptors (Lipinski definition) is 5. The highest BCUT2D eigenvalue weighted by Gasteiger charge is 2.42. The zero-order valence-corrected chi connectivity index (χ0v) is 11.2. The van der Waals surface area contributed by atoms with Crippen molar-refractivity contribution >= 4 is 17.3 Å². The first-order chi connectivity index (χ1) is 9.08. The Balaban J connectivity index is 1.78. The van der Waals surface area contributed by atoms with E-state index in [0.29, 0.717) is 17.4 Å². The Morgan fingerprint density at radius 3 is 2.89 bits per heavy atom. The van der Waals surface area contributed by atoms with Gasteiger partial charge in [0, 0.05) is 19.0 Å². The van der Waals surface area contributed by atoms with Crippen LogP contribution in [0.3, 0.4) is 0 Å². The maximum Gasteiger partial charge on any atom is 0.149 e. The van der Waals surface area contributed by atoms with Gasteiger partial charge in [0.1, 0.15) is 11.6 Å². The molecule has 0 amide bonds. The highest BCUT2D eigenvalue weighted by molar-refractivity contribution is 5.62. The maximum absolute atomic E-state index is 10.7. The summed E-state index contributed by atoms with van der Waals surface area (Å²) in [4.78, 5) is 6.58. The van der Waals surface area contributed by atoms with Crippen molar-refractivity contribution in [1.29, 1.82) is 0 Å². The minimum atomic E-state index is -0.450. The average Bonchev–Trinajstić information content (AvgIpc) is 2.41. The Labute approximate surface area is 113 Å². The van der Waals surface area contributed by atoms with Crippen molar-refractivity contribution in [2.45, 2.75) is 37.7 Å². The van der Waals surface area contributed by atoms with Crippen molar-refractivity contribution < 1.29 is 5.11 Å². The van der Waals surface area contributed by atoms with Crippen LogP contribution in [0.25, 0.3) is 0 Å². The molecule has 0 bridgehead atoms. The number of nitrogen functional groups attached to an aromatic ring is 2. The van der Waals surface area contributed by atoms with Gasteiger partial charge in [-0.1, -0.05) is 12.8 Å². The van der Waals surface area contributed by atoms with E-state index < -0.39 is 5.60 Å². The molecule has 3 rings (SSSR count). The number of aliphatic hydroxyl groups is 1. The van der Waals surface area contributed by atoms with Crippen molar-refractivity contribution in [2.75, 3.05) is 29.5 Å². The van der Waals surface area contributed by atoms with E-state index >= 15 is 0 Å². The molecule has 2 atom stereocenters. The molecule has 5 nitrogen and oxygen atoms in total. The molecule has 1 aliphatic carbocycles. The standard InChI is InChI=1S/C14H22N4O/c15-11-4-5-12(17-13(11)16)18-8-7-14(19)6-2-1-3-10(14)9-18/h4-5,10,19H,1-3,6-9,15H2,(H2,16,17). The normalized spacial score (nSPS) is 31.0. The first-order valence-corrected chi connectivity index (χ1v) is 7.08. The van der Waals surface area contributed by atoms with Crippen molar-refractivity contribution in [3.05, 3.63) is 12.1 Å². The zero-order valence-electron chi connectivity index (χ0n) is 11.2. The van der Waals surface area contributed by atoms with Crippen LogP contribution in [0.4, 0.5) is 17.3 Å². The fourth-order valence-corrected chi connectivity index (χ4v) is 3.43. The molecule has 0 aromatic carbocycles. The monoisotopic (exact) mass is 262 g/mol. The van der Waals surface area contributed by atoms with Gasteiger partial charge < -0.3 is 21.5 Å². The summed E-state index contributed by atoms with van der Waals surface area (Å²) in [5.41, 5.74) is 11.5. The Morgan fingerprint density at radius 1 is 1.26 bits per heavy atom. The molecule has 5 N–H and O–H groups in total. The minimum Gasteiger partial charge on any atom is -0.396 e. The van der Waals surface area contributed by atoms with Crippen LogP contribution in [0.5, 0.6) is 0 Å². The van der Waals surface area contributed by atoms with E-state index in [9.17, 15) is 5.11 Å². The number of hydrogen-bond donors (Lipinski definition) is 3. The number of aromatic nitrogens is 1. The zero-order chi connectivity index (χ0) is 13.5. The second kappa shape index (κ2) is 4.56. The highest BCUT2D eigenvalue weighted by atomic mass is 16.3. The summed E-state index contributed by atoms with van der Waals surface area (Å²) in [5, 5.41) is 10.7. The molecule has 0 spiro atoms. The van der Waals surface area contributed by atoms with E-state index in [4.69, 9.17) is 11.5 Å². The van der Waals surface area contributed by atoms with Crippen molar-refractivity contribution in [3.8, 4) is 0 Å². The molecule has 2 aliphatic rings. The predicted octanol–water partition coefficient (Wildman–Crippen LogP) is 1.38. The van der Waals surface area contributed by atoms with Gasteiger partial charge >= 0.3 is 0 Å². The summed E-state index contributed by atoms with van der Waals surface area (Å²) in [6, 6.07) is 3.72. The van der Waals surface area contributed by atoms with Gasteiger partial charge in [-0.05, 0) is 31.4 Å². The van der Waals surface area contributed by atoms with E-state index in [1.165, 1.54) is 6.42 Å². The highest BCUT2D eigenvalue weighted by Crippen LogP contribution is 2.40. The van der Waals surface area contributed by atoms with Crippen LogP contribution in [-0.2, 0) is 0 Å². The van der Waals surface area contributed by atoms with Crippen LogP contribution in [-0.4, -0.2) is 28.8 Å². The molecule has 2 fully saturated rings. The van der Waals surface area contributed by atoms with E-state index in [0.717, 1.165) is 44.6 Å². The molecule has 19 heavy (non-hydrogen) atoms. The molecule has 2 unspecified atom stereocenters. The molecule has 1 saturated carbocycles. The largest absolute Gasteiger partial charge is 0.396 e. The first kappa shape index (κ1) is 12.5. The first-order valence-electron chi connectivity index (χ1n) is 7.08. The van der Waals surface area contributed by atoms with Crippen LogP contribution < -0.4 is 16.4 Å². The molecule has 1 aliphatic heterocycles. The molecule has 0 radical (unpaired) electrons. The Bertz CT molecular complexity index is 479. The number of piperidine rings is 1. The molecular formula is C14H22N4O. The number of nitrogens with two attached hydrogens (primary N) is 2. The van der Waals surface area contributed by atoms with Gasteiger partial charge in [0.05, 0.1) is 11.3 Å². The SMILES string of the molecule is Nc1ccc(N2CCC3(O)CCCCC3C2)nc1N. The smallest absolute Gasteiger partial charge is 0.149 e. The van der Waals surface area contributed by atoms with E-state index in [1.54, 1.807) is 6.07 Å². The van der Waals surface area contributed by atoms with Gasteiger partial charge in [0.2, 0.25) is 0 Å². The summed E-state index contributed by atoms with van der Waals surface area (Å²) >= 11 is 0. The number of pyridine rings is 1. The molecular weight excluding hydrogens is 240 g/mol. The van der Waals surface area contributed by atoms with Gasteiger partial charge in [-0.15, -0.1) is 0 Å². The van der Waals surface area contributed by atoms with E-state index in [1.807, 2.05) is 6.07 Å². The second-order valence-electron chi connectivity index (χ2n) is 5.89. The molecule has 1 aromatic rings. The van der Waals surface area contributed by atoms with Crippen LogP contribution in [0.2, 0.25) is 0 Å². The minimum absolute atomic E-state index is 0.357. The second-order valence-corrected chi connectivity index (χ2v) is 5.89. The van der Waals surface area contributed by atoms with Gasteiger partial charge in [-0.2, -0.15) is 0 Å². The lowest BCUT2D eigenvalue weighted by Crippen LogP contribution is -2.53. The quantitative estimate of drug-likeness (QED) is 0.711. The summed E-state index contributed by atoms with van der Waals surface area (Å²) in [7, 11) is 0. The lowest BCUT2D eigenvalue weighted by molar-refractivity contribution is -0.0613. The van der Waals surface area contributed by atoms with Gasteiger partial charge in [0.15, 0.2) is 0 Å².